The second-order valence-electron chi connectivity index (χ2n) is 1.67. The molecule has 1 aliphatic heterocycles. The third kappa shape index (κ3) is 1.28. The van der Waals surface area contributed by atoms with Gasteiger partial charge in [-0.2, -0.15) is 0 Å². The molecule has 0 unspecified atom stereocenters. The lowest BCUT2D eigenvalue weighted by molar-refractivity contribution is -0.119. The predicted molar refractivity (Wildman–Crippen MR) is 31.1 cm³/mol. The Morgan fingerprint density at radius 3 is 3.00 bits per heavy atom. The van der Waals surface area contributed by atoms with Crippen LogP contribution in [0, 0.1) is 0 Å². The zero-order valence-electron chi connectivity index (χ0n) is 4.66. The molecule has 0 aromatic rings. The van der Waals surface area contributed by atoms with E-state index in [0.717, 1.165) is 0 Å². The highest BCUT2D eigenvalue weighted by Crippen LogP contribution is 1.93. The molecule has 0 aromatic heterocycles. The van der Waals surface area contributed by atoms with Gasteiger partial charge in [0.25, 0.3) is 0 Å². The fraction of sp³-hybridized carbons (Fsp3) is 0.200. The van der Waals surface area contributed by atoms with Gasteiger partial charge >= 0.3 is 0 Å². The molecule has 9 heavy (non-hydrogen) atoms. The maximum absolute atomic E-state index is 10.5. The van der Waals surface area contributed by atoms with Crippen molar-refractivity contribution in [2.75, 3.05) is 0 Å². The predicted octanol–water partition coefficient (Wildman–Crippen LogP) is -0.150. The summed E-state index contributed by atoms with van der Waals surface area (Å²) in [6, 6.07) is 0. The molecule has 1 rings (SSSR count). The molecule has 0 radical (unpaired) electrons. The zero-order valence-corrected chi connectivity index (χ0v) is 4.66. The van der Waals surface area contributed by atoms with Crippen LogP contribution in [0.2, 0.25) is 0 Å². The Labute approximate surface area is 51.9 Å². The molecule has 1 amide bonds. The minimum Gasteiger partial charge on any atom is -0.411 e. The van der Waals surface area contributed by atoms with Gasteiger partial charge in [0.15, 0.2) is 0 Å². The molecule has 0 atom stereocenters. The smallest absolute Gasteiger partial charge is 0.230 e. The molecule has 0 aliphatic carbocycles. The summed E-state index contributed by atoms with van der Waals surface area (Å²) in [7, 11) is 0. The highest BCUT2D eigenvalue weighted by molar-refractivity contribution is 6.09. The second-order valence-corrected chi connectivity index (χ2v) is 1.67. The first kappa shape index (κ1) is 5.81. The van der Waals surface area contributed by atoms with E-state index in [1.165, 1.54) is 6.20 Å². The fourth-order valence-electron chi connectivity index (χ4n) is 0.574. The van der Waals surface area contributed by atoms with Crippen molar-refractivity contribution in [2.24, 2.45) is 5.16 Å². The number of amides is 1. The molecule has 0 saturated heterocycles. The van der Waals surface area contributed by atoms with Crippen LogP contribution >= 0.6 is 0 Å². The van der Waals surface area contributed by atoms with E-state index in [1.807, 2.05) is 0 Å². The van der Waals surface area contributed by atoms with Gasteiger partial charge < -0.3 is 10.5 Å². The number of nitrogens with zero attached hydrogens (tertiary/aromatic N) is 1. The van der Waals surface area contributed by atoms with Crippen LogP contribution in [0.15, 0.2) is 17.4 Å². The number of hydrogen-bond donors (Lipinski definition) is 2. The Morgan fingerprint density at radius 2 is 2.56 bits per heavy atom. The van der Waals surface area contributed by atoms with Gasteiger partial charge in [-0.15, -0.1) is 0 Å². The molecule has 0 spiro atoms. The van der Waals surface area contributed by atoms with Crippen LogP contribution in [0.4, 0.5) is 0 Å². The summed E-state index contributed by atoms with van der Waals surface area (Å²) in [6.45, 7) is 0. The Bertz CT molecular complexity index is 183. The summed E-state index contributed by atoms with van der Waals surface area (Å²) in [6.07, 6.45) is 3.15. The standard InChI is InChI=1S/C5H6N2O2/c8-5-3-4(7-9)1-2-6-5/h1-2,9H,3H2,(H,6,8). The summed E-state index contributed by atoms with van der Waals surface area (Å²) >= 11 is 0. The summed E-state index contributed by atoms with van der Waals surface area (Å²) < 4.78 is 0. The van der Waals surface area contributed by atoms with Gasteiger partial charge in [0.2, 0.25) is 5.91 Å². The van der Waals surface area contributed by atoms with E-state index in [2.05, 4.69) is 10.5 Å². The quantitative estimate of drug-likeness (QED) is 0.350. The lowest BCUT2D eigenvalue weighted by atomic mass is 10.2. The number of nitrogens with one attached hydrogen (secondary N) is 1. The third-order valence-electron chi connectivity index (χ3n) is 0.990. The summed E-state index contributed by atoms with van der Waals surface area (Å²) in [5.41, 5.74) is 0.388. The second kappa shape index (κ2) is 2.30. The Kier molecular flexibility index (Phi) is 1.48. The number of oxime groups is 1. The molecule has 2 N–H and O–H groups in total. The molecule has 4 heteroatoms. The Morgan fingerprint density at radius 1 is 1.78 bits per heavy atom. The normalized spacial score (nSPS) is 22.2. The average Bonchev–Trinajstić information content (AvgIpc) is 1.88. The maximum atomic E-state index is 10.5. The van der Waals surface area contributed by atoms with Gasteiger partial charge in [0.05, 0.1) is 12.1 Å². The van der Waals surface area contributed by atoms with E-state index in [1.54, 1.807) is 6.08 Å². The van der Waals surface area contributed by atoms with Gasteiger partial charge in [-0.3, -0.25) is 4.79 Å². The minimum absolute atomic E-state index is 0.148. The van der Waals surface area contributed by atoms with E-state index in [4.69, 9.17) is 5.21 Å². The lowest BCUT2D eigenvalue weighted by Gasteiger charge is -2.03. The van der Waals surface area contributed by atoms with E-state index in [9.17, 15) is 4.79 Å². The summed E-state index contributed by atoms with van der Waals surface area (Å²) in [5, 5.41) is 13.5. The lowest BCUT2D eigenvalue weighted by Crippen LogP contribution is -2.24. The topological polar surface area (TPSA) is 61.7 Å². The van der Waals surface area contributed by atoms with Crippen molar-refractivity contribution in [1.29, 1.82) is 0 Å². The maximum Gasteiger partial charge on any atom is 0.230 e. The number of allylic oxidation sites excluding steroid dienone is 1. The van der Waals surface area contributed by atoms with Crippen LogP contribution in [-0.2, 0) is 4.79 Å². The van der Waals surface area contributed by atoms with E-state index >= 15 is 0 Å². The number of rotatable bonds is 0. The molecule has 0 bridgehead atoms. The molecular weight excluding hydrogens is 120 g/mol. The van der Waals surface area contributed by atoms with Crippen LogP contribution in [-0.4, -0.2) is 16.8 Å². The van der Waals surface area contributed by atoms with E-state index < -0.39 is 0 Å². The molecule has 4 nitrogen and oxygen atoms in total. The molecule has 1 aliphatic rings. The first-order chi connectivity index (χ1) is 4.33. The average molecular weight is 126 g/mol. The Balaban J connectivity index is 2.71. The van der Waals surface area contributed by atoms with E-state index in [0.29, 0.717) is 5.71 Å². The monoisotopic (exact) mass is 126 g/mol. The van der Waals surface area contributed by atoms with Crippen molar-refractivity contribution in [3.8, 4) is 0 Å². The van der Waals surface area contributed by atoms with Crippen molar-refractivity contribution in [1.82, 2.24) is 5.32 Å². The van der Waals surface area contributed by atoms with Crippen molar-refractivity contribution in [3.63, 3.8) is 0 Å². The highest BCUT2D eigenvalue weighted by atomic mass is 16.4. The zero-order chi connectivity index (χ0) is 6.69. The SMILES string of the molecule is O=C1CC(=NO)C=CN1. The molecule has 0 saturated carbocycles. The van der Waals surface area contributed by atoms with Crippen molar-refractivity contribution in [2.45, 2.75) is 6.42 Å². The summed E-state index contributed by atoms with van der Waals surface area (Å²) in [5.74, 6) is -0.148. The van der Waals surface area contributed by atoms with Gasteiger partial charge in [-0.05, 0) is 6.08 Å². The van der Waals surface area contributed by atoms with Gasteiger partial charge in [-0.25, -0.2) is 0 Å². The highest BCUT2D eigenvalue weighted by Gasteiger charge is 2.07. The molecule has 0 aromatic carbocycles. The number of hydrogen-bond acceptors (Lipinski definition) is 3. The van der Waals surface area contributed by atoms with Crippen molar-refractivity contribution in [3.05, 3.63) is 12.3 Å². The molecule has 0 fully saturated rings. The fourth-order valence-corrected chi connectivity index (χ4v) is 0.574. The first-order valence-corrected chi connectivity index (χ1v) is 2.50. The van der Waals surface area contributed by atoms with E-state index in [-0.39, 0.29) is 12.3 Å². The number of carbonyl (C=O) groups excluding carboxylic acids is 1. The van der Waals surface area contributed by atoms with Crippen LogP contribution in [0.5, 0.6) is 0 Å². The van der Waals surface area contributed by atoms with Gasteiger partial charge in [0.1, 0.15) is 0 Å². The van der Waals surface area contributed by atoms with Gasteiger partial charge in [0, 0.05) is 6.20 Å². The Hall–Kier alpha value is -1.32. The molecule has 48 valence electrons. The molecular formula is C5H6N2O2. The van der Waals surface area contributed by atoms with Crippen LogP contribution in [0.3, 0.4) is 0 Å². The van der Waals surface area contributed by atoms with Crippen molar-refractivity contribution >= 4 is 11.6 Å². The molecule has 1 heterocycles. The number of carbonyl (C=O) groups is 1. The third-order valence-corrected chi connectivity index (χ3v) is 0.990. The minimum atomic E-state index is -0.148. The van der Waals surface area contributed by atoms with Crippen LogP contribution < -0.4 is 5.32 Å². The van der Waals surface area contributed by atoms with Gasteiger partial charge in [-0.1, -0.05) is 5.16 Å². The van der Waals surface area contributed by atoms with Crippen molar-refractivity contribution < 1.29 is 10.0 Å². The largest absolute Gasteiger partial charge is 0.411 e. The van der Waals surface area contributed by atoms with Crippen LogP contribution in [0.25, 0.3) is 0 Å². The van der Waals surface area contributed by atoms with Crippen LogP contribution in [0.1, 0.15) is 6.42 Å². The summed E-state index contributed by atoms with van der Waals surface area (Å²) in [4.78, 5) is 10.5. The first-order valence-electron chi connectivity index (χ1n) is 2.50.